The number of hydrogen-bond acceptors (Lipinski definition) is 4. The zero-order valence-corrected chi connectivity index (χ0v) is 13.0. The molecule has 1 heterocycles. The number of hydrogen-bond donors (Lipinski definition) is 1. The largest absolute Gasteiger partial charge is 0.339 e. The molecule has 1 N–H and O–H groups in total. The lowest BCUT2D eigenvalue weighted by atomic mass is 10.0. The highest BCUT2D eigenvalue weighted by molar-refractivity contribution is 6.42. The number of halogens is 2. The van der Waals surface area contributed by atoms with E-state index in [0.717, 1.165) is 18.5 Å². The second kappa shape index (κ2) is 7.07. The summed E-state index contributed by atoms with van der Waals surface area (Å²) in [4.78, 5) is 4.18. The van der Waals surface area contributed by atoms with Crippen LogP contribution < -0.4 is 5.32 Å². The van der Waals surface area contributed by atoms with Crippen LogP contribution >= 0.6 is 23.2 Å². The number of aromatic nitrogens is 2. The molecular formula is C14H17Cl2N3O. The molecule has 0 radical (unpaired) electrons. The first-order valence-electron chi connectivity index (χ1n) is 6.57. The van der Waals surface area contributed by atoms with Crippen LogP contribution in [0.3, 0.4) is 0 Å². The molecule has 0 spiro atoms. The Bertz CT molecular complexity index is 571. The minimum Gasteiger partial charge on any atom is -0.339 e. The Morgan fingerprint density at radius 3 is 2.70 bits per heavy atom. The van der Waals surface area contributed by atoms with Gasteiger partial charge < -0.3 is 9.84 Å². The molecule has 1 aromatic heterocycles. The van der Waals surface area contributed by atoms with Crippen molar-refractivity contribution in [3.8, 4) is 0 Å². The molecule has 0 saturated carbocycles. The number of nitrogens with zero attached hydrogens (tertiary/aromatic N) is 2. The maximum absolute atomic E-state index is 6.05. The second-order valence-electron chi connectivity index (χ2n) is 4.57. The van der Waals surface area contributed by atoms with Crippen LogP contribution in [0.4, 0.5) is 0 Å². The van der Waals surface area contributed by atoms with Gasteiger partial charge >= 0.3 is 0 Å². The van der Waals surface area contributed by atoms with Crippen LogP contribution in [-0.4, -0.2) is 16.7 Å². The number of benzene rings is 1. The summed E-state index contributed by atoms with van der Waals surface area (Å²) in [6.07, 6.45) is 1.67. The van der Waals surface area contributed by atoms with Crippen molar-refractivity contribution in [2.45, 2.75) is 32.7 Å². The summed E-state index contributed by atoms with van der Waals surface area (Å²) in [7, 11) is 0. The number of nitrogens with one attached hydrogen (secondary N) is 1. The van der Waals surface area contributed by atoms with E-state index in [2.05, 4.69) is 22.4 Å². The molecule has 2 aromatic rings. The van der Waals surface area contributed by atoms with Gasteiger partial charge in [-0.3, -0.25) is 0 Å². The Balaban J connectivity index is 1.93. The SMILES string of the molecule is CCC(NCCc1nc(C)no1)c1ccc(Cl)c(Cl)c1. The summed E-state index contributed by atoms with van der Waals surface area (Å²) < 4.78 is 5.08. The van der Waals surface area contributed by atoms with E-state index in [1.165, 1.54) is 0 Å². The van der Waals surface area contributed by atoms with Gasteiger partial charge in [0.15, 0.2) is 5.82 Å². The summed E-state index contributed by atoms with van der Waals surface area (Å²) in [5, 5.41) is 8.38. The number of aryl methyl sites for hydroxylation is 1. The fraction of sp³-hybridized carbons (Fsp3) is 0.429. The van der Waals surface area contributed by atoms with E-state index in [4.69, 9.17) is 27.7 Å². The van der Waals surface area contributed by atoms with Gasteiger partial charge in [0.2, 0.25) is 5.89 Å². The first-order chi connectivity index (χ1) is 9.60. The highest BCUT2D eigenvalue weighted by Crippen LogP contribution is 2.26. The van der Waals surface area contributed by atoms with Crippen LogP contribution in [0, 0.1) is 6.92 Å². The van der Waals surface area contributed by atoms with Gasteiger partial charge in [-0.15, -0.1) is 0 Å². The molecule has 4 nitrogen and oxygen atoms in total. The van der Waals surface area contributed by atoms with Crippen LogP contribution in [0.15, 0.2) is 22.7 Å². The Morgan fingerprint density at radius 1 is 1.30 bits per heavy atom. The van der Waals surface area contributed by atoms with Gasteiger partial charge in [-0.2, -0.15) is 4.98 Å². The summed E-state index contributed by atoms with van der Waals surface area (Å²) in [5.41, 5.74) is 1.13. The molecule has 0 saturated heterocycles. The molecule has 0 amide bonds. The minimum atomic E-state index is 0.230. The average Bonchev–Trinajstić information content (AvgIpc) is 2.84. The van der Waals surface area contributed by atoms with Crippen molar-refractivity contribution in [1.82, 2.24) is 15.5 Å². The molecule has 0 bridgehead atoms. The molecule has 108 valence electrons. The van der Waals surface area contributed by atoms with E-state index >= 15 is 0 Å². The maximum atomic E-state index is 6.05. The summed E-state index contributed by atoms with van der Waals surface area (Å²) in [6.45, 7) is 4.70. The summed E-state index contributed by atoms with van der Waals surface area (Å²) >= 11 is 12.0. The topological polar surface area (TPSA) is 51.0 Å². The van der Waals surface area contributed by atoms with Crippen molar-refractivity contribution in [2.24, 2.45) is 0 Å². The van der Waals surface area contributed by atoms with E-state index < -0.39 is 0 Å². The summed E-state index contributed by atoms with van der Waals surface area (Å²) in [6, 6.07) is 5.95. The normalized spacial score (nSPS) is 12.6. The van der Waals surface area contributed by atoms with Gasteiger partial charge in [0.25, 0.3) is 0 Å². The van der Waals surface area contributed by atoms with E-state index in [1.54, 1.807) is 0 Å². The fourth-order valence-electron chi connectivity index (χ4n) is 2.02. The third-order valence-electron chi connectivity index (χ3n) is 3.05. The van der Waals surface area contributed by atoms with E-state index in [9.17, 15) is 0 Å². The van der Waals surface area contributed by atoms with Crippen LogP contribution in [0.2, 0.25) is 10.0 Å². The molecule has 20 heavy (non-hydrogen) atoms. The zero-order valence-electron chi connectivity index (χ0n) is 11.5. The lowest BCUT2D eigenvalue weighted by Crippen LogP contribution is -2.23. The van der Waals surface area contributed by atoms with E-state index in [1.807, 2.05) is 25.1 Å². The lowest BCUT2D eigenvalue weighted by Gasteiger charge is -2.17. The van der Waals surface area contributed by atoms with Crippen molar-refractivity contribution in [3.63, 3.8) is 0 Å². The molecule has 0 fully saturated rings. The van der Waals surface area contributed by atoms with Crippen molar-refractivity contribution in [2.75, 3.05) is 6.54 Å². The molecule has 1 atom stereocenters. The lowest BCUT2D eigenvalue weighted by molar-refractivity contribution is 0.368. The molecule has 1 aromatic carbocycles. The average molecular weight is 314 g/mol. The van der Waals surface area contributed by atoms with Crippen LogP contribution in [-0.2, 0) is 6.42 Å². The Labute approximate surface area is 128 Å². The Morgan fingerprint density at radius 2 is 2.10 bits per heavy atom. The van der Waals surface area contributed by atoms with Crippen molar-refractivity contribution in [3.05, 3.63) is 45.5 Å². The van der Waals surface area contributed by atoms with Crippen LogP contribution in [0.25, 0.3) is 0 Å². The van der Waals surface area contributed by atoms with Gasteiger partial charge in [0.05, 0.1) is 10.0 Å². The highest BCUT2D eigenvalue weighted by atomic mass is 35.5. The van der Waals surface area contributed by atoms with Crippen molar-refractivity contribution in [1.29, 1.82) is 0 Å². The molecule has 1 unspecified atom stereocenters. The van der Waals surface area contributed by atoms with Crippen molar-refractivity contribution < 1.29 is 4.52 Å². The van der Waals surface area contributed by atoms with E-state index in [-0.39, 0.29) is 6.04 Å². The van der Waals surface area contributed by atoms with Gasteiger partial charge in [0.1, 0.15) is 0 Å². The van der Waals surface area contributed by atoms with Gasteiger partial charge in [-0.25, -0.2) is 0 Å². The predicted octanol–water partition coefficient (Wildman–Crippen LogP) is 3.97. The Hall–Kier alpha value is -1.10. The van der Waals surface area contributed by atoms with Crippen molar-refractivity contribution >= 4 is 23.2 Å². The molecule has 6 heteroatoms. The minimum absolute atomic E-state index is 0.230. The zero-order chi connectivity index (χ0) is 14.5. The van der Waals surface area contributed by atoms with E-state index in [0.29, 0.717) is 28.2 Å². The predicted molar refractivity (Wildman–Crippen MR) is 80.2 cm³/mol. The van der Waals surface area contributed by atoms with Gasteiger partial charge in [-0.1, -0.05) is 41.3 Å². The molecule has 0 aliphatic rings. The van der Waals surface area contributed by atoms with Gasteiger partial charge in [-0.05, 0) is 31.0 Å². The van der Waals surface area contributed by atoms with Gasteiger partial charge in [0, 0.05) is 19.0 Å². The van der Waals surface area contributed by atoms with Crippen LogP contribution in [0.5, 0.6) is 0 Å². The molecular weight excluding hydrogens is 297 g/mol. The Kier molecular flexibility index (Phi) is 5.40. The molecule has 0 aliphatic heterocycles. The maximum Gasteiger partial charge on any atom is 0.227 e. The third kappa shape index (κ3) is 3.95. The first-order valence-corrected chi connectivity index (χ1v) is 7.33. The highest BCUT2D eigenvalue weighted by Gasteiger charge is 2.11. The quantitative estimate of drug-likeness (QED) is 0.876. The molecule has 2 rings (SSSR count). The monoisotopic (exact) mass is 313 g/mol. The standard InChI is InChI=1S/C14H17Cl2N3O/c1-3-13(10-4-5-11(15)12(16)8-10)17-7-6-14-18-9(2)19-20-14/h4-5,8,13,17H,3,6-7H2,1-2H3. The smallest absolute Gasteiger partial charge is 0.227 e. The number of rotatable bonds is 6. The second-order valence-corrected chi connectivity index (χ2v) is 5.39. The first kappa shape index (κ1) is 15.3. The summed E-state index contributed by atoms with van der Waals surface area (Å²) in [5.74, 6) is 1.32. The van der Waals surface area contributed by atoms with Crippen LogP contribution in [0.1, 0.15) is 36.7 Å². The third-order valence-corrected chi connectivity index (χ3v) is 3.79. The molecule has 0 aliphatic carbocycles. The fourth-order valence-corrected chi connectivity index (χ4v) is 2.33.